The summed E-state index contributed by atoms with van der Waals surface area (Å²) in [5.74, 6) is -0.414. The highest BCUT2D eigenvalue weighted by atomic mass is 19.1. The summed E-state index contributed by atoms with van der Waals surface area (Å²) in [6.07, 6.45) is 3.04. The number of imidazole rings is 1. The second-order valence-electron chi connectivity index (χ2n) is 6.83. The van der Waals surface area contributed by atoms with Crippen LogP contribution in [0.4, 0.5) is 4.39 Å². The van der Waals surface area contributed by atoms with Crippen molar-refractivity contribution < 1.29 is 4.39 Å². The molecule has 4 rings (SSSR count). The smallest absolute Gasteiger partial charge is 0.320 e. The number of fused-ring (bicyclic) bond motifs is 1. The zero-order valence-electron chi connectivity index (χ0n) is 15.9. The van der Waals surface area contributed by atoms with Crippen LogP contribution in [0.2, 0.25) is 0 Å². The minimum absolute atomic E-state index is 0.0599. The summed E-state index contributed by atoms with van der Waals surface area (Å²) in [6, 6.07) is 13.5. The van der Waals surface area contributed by atoms with Crippen LogP contribution in [0.5, 0.6) is 0 Å². The van der Waals surface area contributed by atoms with Gasteiger partial charge in [-0.25, -0.2) is 18.7 Å². The van der Waals surface area contributed by atoms with Gasteiger partial charge in [0.25, 0.3) is 5.56 Å². The minimum atomic E-state index is -0.546. The monoisotopic (exact) mass is 390 g/mol. The first kappa shape index (κ1) is 18.6. The van der Waals surface area contributed by atoms with Gasteiger partial charge in [0.1, 0.15) is 5.82 Å². The molecule has 2 heterocycles. The van der Waals surface area contributed by atoms with Crippen molar-refractivity contribution in [3.63, 3.8) is 0 Å². The largest absolute Gasteiger partial charge is 0.337 e. The predicted molar refractivity (Wildman–Crippen MR) is 110 cm³/mol. The summed E-state index contributed by atoms with van der Waals surface area (Å²) in [7, 11) is 0. The molecule has 0 aliphatic rings. The Bertz CT molecular complexity index is 1330. The van der Waals surface area contributed by atoms with E-state index in [2.05, 4.69) is 11.6 Å². The highest BCUT2D eigenvalue weighted by Gasteiger charge is 2.19. The van der Waals surface area contributed by atoms with Crippen molar-refractivity contribution in [2.24, 2.45) is 0 Å². The second-order valence-corrected chi connectivity index (χ2v) is 6.83. The molecule has 0 fully saturated rings. The van der Waals surface area contributed by atoms with Crippen LogP contribution < -0.4 is 11.2 Å². The Balaban J connectivity index is 1.99. The SMILES string of the molecule is C=CCn1c(=O)c2c(ncn2Cc2cccc(C)c2)n(-c2ccc(F)cc2)c1=O. The fourth-order valence-electron chi connectivity index (χ4n) is 3.42. The van der Waals surface area contributed by atoms with Gasteiger partial charge in [0.15, 0.2) is 11.2 Å². The summed E-state index contributed by atoms with van der Waals surface area (Å²) in [5, 5.41) is 0. The molecule has 29 heavy (non-hydrogen) atoms. The molecular formula is C22H19FN4O2. The molecule has 0 aliphatic carbocycles. The summed E-state index contributed by atoms with van der Waals surface area (Å²) in [4.78, 5) is 30.5. The Kier molecular flexibility index (Phi) is 4.72. The van der Waals surface area contributed by atoms with Gasteiger partial charge in [-0.05, 0) is 36.8 Å². The van der Waals surface area contributed by atoms with E-state index in [4.69, 9.17) is 0 Å². The van der Waals surface area contributed by atoms with Gasteiger partial charge in [-0.2, -0.15) is 0 Å². The molecule has 4 aromatic rings. The van der Waals surface area contributed by atoms with Crippen LogP contribution >= 0.6 is 0 Å². The van der Waals surface area contributed by atoms with Crippen LogP contribution in [-0.4, -0.2) is 18.7 Å². The van der Waals surface area contributed by atoms with Gasteiger partial charge in [0.2, 0.25) is 0 Å². The quantitative estimate of drug-likeness (QED) is 0.492. The van der Waals surface area contributed by atoms with Crippen LogP contribution in [0.1, 0.15) is 11.1 Å². The Morgan fingerprint density at radius 1 is 1.14 bits per heavy atom. The molecule has 2 aromatic carbocycles. The maximum absolute atomic E-state index is 13.4. The van der Waals surface area contributed by atoms with Gasteiger partial charge in [-0.3, -0.25) is 9.36 Å². The molecule has 0 radical (unpaired) electrons. The van der Waals surface area contributed by atoms with Crippen LogP contribution in [-0.2, 0) is 13.1 Å². The maximum Gasteiger partial charge on any atom is 0.337 e. The highest BCUT2D eigenvalue weighted by Crippen LogP contribution is 2.15. The third-order valence-electron chi connectivity index (χ3n) is 4.73. The van der Waals surface area contributed by atoms with E-state index in [1.54, 1.807) is 10.9 Å². The Labute approximate surface area is 165 Å². The van der Waals surface area contributed by atoms with Crippen LogP contribution in [0, 0.1) is 12.7 Å². The van der Waals surface area contributed by atoms with E-state index in [-0.39, 0.29) is 12.2 Å². The molecule has 2 aromatic heterocycles. The summed E-state index contributed by atoms with van der Waals surface area (Å²) >= 11 is 0. The van der Waals surface area contributed by atoms with Crippen molar-refractivity contribution in [1.29, 1.82) is 0 Å². The number of hydrogen-bond donors (Lipinski definition) is 0. The fraction of sp³-hybridized carbons (Fsp3) is 0.136. The van der Waals surface area contributed by atoms with Gasteiger partial charge >= 0.3 is 5.69 Å². The zero-order valence-corrected chi connectivity index (χ0v) is 15.9. The van der Waals surface area contributed by atoms with Crippen molar-refractivity contribution in [1.82, 2.24) is 18.7 Å². The van der Waals surface area contributed by atoms with Crippen LogP contribution in [0.3, 0.4) is 0 Å². The lowest BCUT2D eigenvalue weighted by Gasteiger charge is -2.12. The average Bonchev–Trinajstić information content (AvgIpc) is 3.10. The van der Waals surface area contributed by atoms with Crippen molar-refractivity contribution in [3.05, 3.63) is 105 Å². The van der Waals surface area contributed by atoms with E-state index < -0.39 is 17.1 Å². The van der Waals surface area contributed by atoms with E-state index in [0.29, 0.717) is 17.7 Å². The number of rotatable bonds is 5. The first-order valence-corrected chi connectivity index (χ1v) is 9.12. The molecule has 0 amide bonds. The molecule has 146 valence electrons. The van der Waals surface area contributed by atoms with Crippen molar-refractivity contribution in [3.8, 4) is 5.69 Å². The topological polar surface area (TPSA) is 61.8 Å². The average molecular weight is 390 g/mol. The first-order chi connectivity index (χ1) is 14.0. The molecule has 0 bridgehead atoms. The van der Waals surface area contributed by atoms with Crippen LogP contribution in [0.15, 0.2) is 77.1 Å². The summed E-state index contributed by atoms with van der Waals surface area (Å²) in [6.45, 7) is 6.13. The maximum atomic E-state index is 13.4. The van der Waals surface area contributed by atoms with Gasteiger partial charge in [0.05, 0.1) is 12.0 Å². The predicted octanol–water partition coefficient (Wildman–Crippen LogP) is 3.03. The number of aryl methyl sites for hydroxylation is 1. The lowest BCUT2D eigenvalue weighted by atomic mass is 10.1. The number of benzene rings is 2. The number of hydrogen-bond acceptors (Lipinski definition) is 3. The minimum Gasteiger partial charge on any atom is -0.320 e. The number of allylic oxidation sites excluding steroid dienone is 1. The molecule has 6 nitrogen and oxygen atoms in total. The lowest BCUT2D eigenvalue weighted by molar-refractivity contribution is 0.626. The number of nitrogens with zero attached hydrogens (tertiary/aromatic N) is 4. The molecule has 0 saturated carbocycles. The lowest BCUT2D eigenvalue weighted by Crippen LogP contribution is -2.39. The Morgan fingerprint density at radius 3 is 2.59 bits per heavy atom. The van der Waals surface area contributed by atoms with E-state index in [0.717, 1.165) is 15.7 Å². The highest BCUT2D eigenvalue weighted by molar-refractivity contribution is 5.72. The standard InChI is InChI=1S/C22H19FN4O2/c1-3-11-26-21(28)19-20(27(22(26)29)18-9-7-17(23)8-10-18)24-14-25(19)13-16-6-4-5-15(2)12-16/h3-10,12,14H,1,11,13H2,2H3. The van der Waals surface area contributed by atoms with Gasteiger partial charge in [-0.15, -0.1) is 6.58 Å². The second kappa shape index (κ2) is 7.35. The number of aromatic nitrogens is 4. The van der Waals surface area contributed by atoms with Crippen molar-refractivity contribution in [2.75, 3.05) is 0 Å². The normalized spacial score (nSPS) is 11.1. The molecule has 7 heteroatoms. The van der Waals surface area contributed by atoms with Crippen molar-refractivity contribution >= 4 is 11.2 Å². The van der Waals surface area contributed by atoms with Gasteiger partial charge in [-0.1, -0.05) is 35.9 Å². The Morgan fingerprint density at radius 2 is 1.90 bits per heavy atom. The van der Waals surface area contributed by atoms with E-state index in [1.807, 2.05) is 31.2 Å². The Hall–Kier alpha value is -3.74. The molecule has 0 atom stereocenters. The zero-order chi connectivity index (χ0) is 20.5. The molecule has 0 unspecified atom stereocenters. The number of halogens is 1. The summed E-state index contributed by atoms with van der Waals surface area (Å²) < 4.78 is 17.5. The molecule has 0 aliphatic heterocycles. The molecular weight excluding hydrogens is 371 g/mol. The third-order valence-corrected chi connectivity index (χ3v) is 4.73. The first-order valence-electron chi connectivity index (χ1n) is 9.12. The molecule has 0 saturated heterocycles. The fourth-order valence-corrected chi connectivity index (χ4v) is 3.42. The molecule has 0 spiro atoms. The van der Waals surface area contributed by atoms with Gasteiger partial charge < -0.3 is 4.57 Å². The van der Waals surface area contributed by atoms with E-state index >= 15 is 0 Å². The van der Waals surface area contributed by atoms with Gasteiger partial charge in [0, 0.05) is 13.1 Å². The summed E-state index contributed by atoms with van der Waals surface area (Å²) in [5.41, 5.74) is 2.11. The third kappa shape index (κ3) is 3.31. The van der Waals surface area contributed by atoms with E-state index in [1.165, 1.54) is 34.9 Å². The van der Waals surface area contributed by atoms with E-state index in [9.17, 15) is 14.0 Å². The van der Waals surface area contributed by atoms with Crippen molar-refractivity contribution in [2.45, 2.75) is 20.0 Å². The van der Waals surface area contributed by atoms with Crippen LogP contribution in [0.25, 0.3) is 16.9 Å². The molecule has 0 N–H and O–H groups in total.